The summed E-state index contributed by atoms with van der Waals surface area (Å²) >= 11 is 0. The highest BCUT2D eigenvalue weighted by atomic mass is 32.2. The minimum atomic E-state index is -3.71. The molecule has 1 aromatic heterocycles. The van der Waals surface area contributed by atoms with Gasteiger partial charge in [0.2, 0.25) is 15.9 Å². The molecule has 0 bridgehead atoms. The first-order valence-corrected chi connectivity index (χ1v) is 8.61. The van der Waals surface area contributed by atoms with Crippen LogP contribution in [-0.2, 0) is 21.2 Å². The second-order valence-electron chi connectivity index (χ2n) is 4.95. The minimum absolute atomic E-state index is 0.0379. The largest absolute Gasteiger partial charge is 0.459 e. The molecule has 0 saturated carbocycles. The highest BCUT2D eigenvalue weighted by Crippen LogP contribution is 2.08. The van der Waals surface area contributed by atoms with Gasteiger partial charge in [-0.15, -0.1) is 0 Å². The molecule has 0 aliphatic heterocycles. The Kier molecular flexibility index (Phi) is 5.72. The summed E-state index contributed by atoms with van der Waals surface area (Å²) in [6.45, 7) is 0.189. The monoisotopic (exact) mass is 351 g/mol. The second-order valence-corrected chi connectivity index (χ2v) is 6.51. The van der Waals surface area contributed by atoms with Gasteiger partial charge in [-0.1, -0.05) is 12.1 Å². The Bertz CT molecular complexity index is 798. The number of nitrogens with two attached hydrogens (primary N) is 1. The first-order valence-electron chi connectivity index (χ1n) is 7.06. The lowest BCUT2D eigenvalue weighted by atomic mass is 10.1. The fraction of sp³-hybridized carbons (Fsp3) is 0.200. The van der Waals surface area contributed by atoms with Crippen molar-refractivity contribution in [3.63, 3.8) is 0 Å². The van der Waals surface area contributed by atoms with Crippen molar-refractivity contribution in [2.24, 2.45) is 5.14 Å². The topological polar surface area (TPSA) is 132 Å². The second kappa shape index (κ2) is 7.75. The van der Waals surface area contributed by atoms with Gasteiger partial charge >= 0.3 is 0 Å². The Morgan fingerprint density at radius 1 is 1.08 bits per heavy atom. The molecule has 2 aromatic rings. The SMILES string of the molecule is NS(=O)(=O)c1ccc(CCNC(=O)CNC(=O)c2ccco2)cc1. The molecule has 4 N–H and O–H groups in total. The van der Waals surface area contributed by atoms with E-state index < -0.39 is 15.9 Å². The normalized spacial score (nSPS) is 11.0. The number of benzene rings is 1. The Hall–Kier alpha value is -2.65. The predicted molar refractivity (Wildman–Crippen MR) is 85.6 cm³/mol. The predicted octanol–water partition coefficient (Wildman–Crippen LogP) is 0.0157. The average Bonchev–Trinajstić information content (AvgIpc) is 3.07. The molecule has 0 atom stereocenters. The fourth-order valence-electron chi connectivity index (χ4n) is 1.91. The Balaban J connectivity index is 1.72. The highest BCUT2D eigenvalue weighted by Gasteiger charge is 2.10. The van der Waals surface area contributed by atoms with Crippen LogP contribution in [0.3, 0.4) is 0 Å². The summed E-state index contributed by atoms with van der Waals surface area (Å²) in [6, 6.07) is 9.16. The van der Waals surface area contributed by atoms with Gasteiger partial charge in [0.1, 0.15) is 0 Å². The zero-order chi connectivity index (χ0) is 17.6. The van der Waals surface area contributed by atoms with Crippen LogP contribution < -0.4 is 15.8 Å². The minimum Gasteiger partial charge on any atom is -0.459 e. The van der Waals surface area contributed by atoms with E-state index >= 15 is 0 Å². The number of carbonyl (C=O) groups excluding carboxylic acids is 2. The summed E-state index contributed by atoms with van der Waals surface area (Å²) in [6.07, 6.45) is 1.89. The van der Waals surface area contributed by atoms with Gasteiger partial charge in [0.05, 0.1) is 17.7 Å². The maximum Gasteiger partial charge on any atom is 0.287 e. The molecule has 1 aromatic carbocycles. The number of furan rings is 1. The molecule has 0 unspecified atom stereocenters. The molecule has 1 heterocycles. The molecule has 9 heteroatoms. The van der Waals surface area contributed by atoms with Crippen LogP contribution in [-0.4, -0.2) is 33.3 Å². The summed E-state index contributed by atoms with van der Waals surface area (Å²) in [4.78, 5) is 23.3. The van der Waals surface area contributed by atoms with Gasteiger partial charge in [-0.05, 0) is 36.2 Å². The van der Waals surface area contributed by atoms with Crippen molar-refractivity contribution in [2.75, 3.05) is 13.1 Å². The first-order chi connectivity index (χ1) is 11.4. The van der Waals surface area contributed by atoms with E-state index in [1.165, 1.54) is 24.5 Å². The summed E-state index contributed by atoms with van der Waals surface area (Å²) in [5.41, 5.74) is 0.849. The highest BCUT2D eigenvalue weighted by molar-refractivity contribution is 7.89. The van der Waals surface area contributed by atoms with Gasteiger partial charge in [-0.3, -0.25) is 9.59 Å². The van der Waals surface area contributed by atoms with Gasteiger partial charge in [-0.25, -0.2) is 13.6 Å². The number of hydrogen-bond acceptors (Lipinski definition) is 5. The molecule has 0 spiro atoms. The van der Waals surface area contributed by atoms with Crippen molar-refractivity contribution >= 4 is 21.8 Å². The van der Waals surface area contributed by atoms with Crippen LogP contribution in [0.1, 0.15) is 16.1 Å². The number of carbonyl (C=O) groups is 2. The molecular formula is C15H17N3O5S. The molecule has 128 valence electrons. The Morgan fingerprint density at radius 2 is 1.79 bits per heavy atom. The number of sulfonamides is 1. The zero-order valence-corrected chi connectivity index (χ0v) is 13.5. The van der Waals surface area contributed by atoms with E-state index in [0.717, 1.165) is 5.56 Å². The maximum atomic E-state index is 11.6. The van der Waals surface area contributed by atoms with Gasteiger partial charge in [-0.2, -0.15) is 0 Å². The van der Waals surface area contributed by atoms with E-state index in [2.05, 4.69) is 10.6 Å². The summed E-state index contributed by atoms with van der Waals surface area (Å²) in [5.74, 6) is -0.664. The van der Waals surface area contributed by atoms with Crippen molar-refractivity contribution in [3.8, 4) is 0 Å². The standard InChI is InChI=1S/C15H17N3O5S/c16-24(21,22)12-5-3-11(4-6-12)7-8-17-14(19)10-18-15(20)13-2-1-9-23-13/h1-6,9H,7-8,10H2,(H,17,19)(H,18,20)(H2,16,21,22). The zero-order valence-electron chi connectivity index (χ0n) is 12.7. The first kappa shape index (κ1) is 17.7. The van der Waals surface area contributed by atoms with Gasteiger partial charge in [0.25, 0.3) is 5.91 Å². The number of amides is 2. The third-order valence-electron chi connectivity index (χ3n) is 3.14. The van der Waals surface area contributed by atoms with Crippen molar-refractivity contribution in [3.05, 3.63) is 54.0 Å². The molecule has 2 amide bonds. The third-order valence-corrected chi connectivity index (χ3v) is 4.07. The van der Waals surface area contributed by atoms with E-state index in [9.17, 15) is 18.0 Å². The molecule has 0 fully saturated rings. The molecule has 0 saturated heterocycles. The van der Waals surface area contributed by atoms with Crippen LogP contribution >= 0.6 is 0 Å². The van der Waals surface area contributed by atoms with Crippen LogP contribution in [0.25, 0.3) is 0 Å². The van der Waals surface area contributed by atoms with E-state index in [1.807, 2.05) is 0 Å². The molecule has 24 heavy (non-hydrogen) atoms. The van der Waals surface area contributed by atoms with Gasteiger partial charge < -0.3 is 15.1 Å². The van der Waals surface area contributed by atoms with Gasteiger partial charge in [0.15, 0.2) is 5.76 Å². The van der Waals surface area contributed by atoms with Gasteiger partial charge in [0, 0.05) is 6.54 Å². The summed E-state index contributed by atoms with van der Waals surface area (Å²) in [7, 11) is -3.71. The Morgan fingerprint density at radius 3 is 2.38 bits per heavy atom. The number of primary sulfonamides is 1. The maximum absolute atomic E-state index is 11.6. The van der Waals surface area contributed by atoms with Crippen molar-refractivity contribution in [2.45, 2.75) is 11.3 Å². The van der Waals surface area contributed by atoms with Crippen LogP contribution in [0, 0.1) is 0 Å². The number of rotatable bonds is 7. The molecule has 0 radical (unpaired) electrons. The smallest absolute Gasteiger partial charge is 0.287 e. The lowest BCUT2D eigenvalue weighted by Gasteiger charge is -2.07. The molecule has 0 aliphatic carbocycles. The number of hydrogen-bond donors (Lipinski definition) is 3. The molecule has 0 aliphatic rings. The molecule has 8 nitrogen and oxygen atoms in total. The van der Waals surface area contributed by atoms with Crippen LogP contribution in [0.2, 0.25) is 0 Å². The fourth-order valence-corrected chi connectivity index (χ4v) is 2.43. The van der Waals surface area contributed by atoms with Crippen molar-refractivity contribution < 1.29 is 22.4 Å². The third kappa shape index (κ3) is 5.21. The van der Waals surface area contributed by atoms with E-state index in [4.69, 9.17) is 9.56 Å². The van der Waals surface area contributed by atoms with Crippen molar-refractivity contribution in [1.29, 1.82) is 0 Å². The van der Waals surface area contributed by atoms with E-state index in [0.29, 0.717) is 13.0 Å². The number of nitrogens with one attached hydrogen (secondary N) is 2. The van der Waals surface area contributed by atoms with Crippen molar-refractivity contribution in [1.82, 2.24) is 10.6 Å². The summed E-state index contributed by atoms with van der Waals surface area (Å²) < 4.78 is 27.2. The van der Waals surface area contributed by atoms with Crippen LogP contribution in [0.5, 0.6) is 0 Å². The lowest BCUT2D eigenvalue weighted by Crippen LogP contribution is -2.37. The van der Waals surface area contributed by atoms with E-state index in [-0.39, 0.29) is 23.1 Å². The van der Waals surface area contributed by atoms with E-state index in [1.54, 1.807) is 18.2 Å². The molecule has 2 rings (SSSR count). The van der Waals surface area contributed by atoms with Crippen LogP contribution in [0.4, 0.5) is 0 Å². The van der Waals surface area contributed by atoms with Crippen LogP contribution in [0.15, 0.2) is 52.0 Å². The summed E-state index contributed by atoms with van der Waals surface area (Å²) in [5, 5.41) is 10.1. The lowest BCUT2D eigenvalue weighted by molar-refractivity contribution is -0.120. The quantitative estimate of drug-likeness (QED) is 0.647. The molecular weight excluding hydrogens is 334 g/mol. The Labute approximate surface area is 139 Å². The average molecular weight is 351 g/mol.